The molecule has 1 fully saturated rings. The van der Waals surface area contributed by atoms with Crippen molar-refractivity contribution in [2.24, 2.45) is 5.41 Å². The van der Waals surface area contributed by atoms with Gasteiger partial charge in [-0.25, -0.2) is 8.78 Å². The topological polar surface area (TPSA) is 17.1 Å². The molecule has 0 amide bonds. The van der Waals surface area contributed by atoms with E-state index in [0.717, 1.165) is 0 Å². The van der Waals surface area contributed by atoms with Gasteiger partial charge in [0.25, 0.3) is 0 Å². The van der Waals surface area contributed by atoms with Crippen LogP contribution in [0.2, 0.25) is 0 Å². The van der Waals surface area contributed by atoms with Gasteiger partial charge in [0.2, 0.25) is 0 Å². The number of carbonyl (C=O) groups excluding carboxylic acids is 1. The smallest absolute Gasteiger partial charge is 0.140 e. The summed E-state index contributed by atoms with van der Waals surface area (Å²) < 4.78 is 27.2. The molecule has 86 valence electrons. The zero-order valence-corrected chi connectivity index (χ0v) is 9.39. The molecule has 0 N–H and O–H groups in total. The van der Waals surface area contributed by atoms with E-state index < -0.39 is 17.0 Å². The van der Waals surface area contributed by atoms with Crippen molar-refractivity contribution in [2.45, 2.75) is 32.6 Å². The summed E-state index contributed by atoms with van der Waals surface area (Å²) in [6.07, 6.45) is 0.868. The molecular formula is C13H14F2O. The number of hydrogen-bond acceptors (Lipinski definition) is 1. The van der Waals surface area contributed by atoms with Crippen LogP contribution in [0.5, 0.6) is 0 Å². The molecule has 0 aliphatic heterocycles. The van der Waals surface area contributed by atoms with Crippen LogP contribution in [0, 0.1) is 17.0 Å². The first-order valence-corrected chi connectivity index (χ1v) is 5.48. The largest absolute Gasteiger partial charge is 0.299 e. The Labute approximate surface area is 93.5 Å². The van der Waals surface area contributed by atoms with Crippen molar-refractivity contribution in [3.8, 4) is 0 Å². The molecule has 1 aromatic carbocycles. The van der Waals surface area contributed by atoms with Crippen LogP contribution >= 0.6 is 0 Å². The number of benzene rings is 1. The van der Waals surface area contributed by atoms with Crippen molar-refractivity contribution >= 4 is 5.78 Å². The van der Waals surface area contributed by atoms with E-state index in [1.807, 2.05) is 6.92 Å². The molecule has 16 heavy (non-hydrogen) atoms. The van der Waals surface area contributed by atoms with Crippen LogP contribution in [-0.4, -0.2) is 5.78 Å². The van der Waals surface area contributed by atoms with Crippen molar-refractivity contribution < 1.29 is 13.6 Å². The molecule has 1 aromatic rings. The van der Waals surface area contributed by atoms with Crippen LogP contribution in [0.3, 0.4) is 0 Å². The van der Waals surface area contributed by atoms with Gasteiger partial charge in [-0.05, 0) is 18.6 Å². The molecule has 0 saturated heterocycles. The Morgan fingerprint density at radius 3 is 2.38 bits per heavy atom. The summed E-state index contributed by atoms with van der Waals surface area (Å²) in [5, 5.41) is 0. The van der Waals surface area contributed by atoms with Gasteiger partial charge in [0, 0.05) is 23.3 Å². The first-order valence-electron chi connectivity index (χ1n) is 5.48. The van der Waals surface area contributed by atoms with E-state index in [0.29, 0.717) is 6.42 Å². The summed E-state index contributed by atoms with van der Waals surface area (Å²) in [6, 6.07) is 3.84. The first kappa shape index (κ1) is 11.2. The number of ketones is 1. The summed E-state index contributed by atoms with van der Waals surface area (Å²) >= 11 is 0. The normalized spacial score (nSPS) is 29.0. The molecule has 2 atom stereocenters. The molecule has 1 aliphatic rings. The molecule has 0 aromatic heterocycles. The highest BCUT2D eigenvalue weighted by Crippen LogP contribution is 2.52. The summed E-state index contributed by atoms with van der Waals surface area (Å²) in [5.74, 6) is -1.30. The van der Waals surface area contributed by atoms with Crippen LogP contribution in [-0.2, 0) is 4.79 Å². The lowest BCUT2D eigenvalue weighted by molar-refractivity contribution is -0.139. The highest BCUT2D eigenvalue weighted by Gasteiger charge is 2.51. The Kier molecular flexibility index (Phi) is 2.56. The van der Waals surface area contributed by atoms with Gasteiger partial charge >= 0.3 is 0 Å². The predicted octanol–water partition coefficient (Wildman–Crippen LogP) is 3.44. The molecule has 2 rings (SSSR count). The van der Waals surface area contributed by atoms with Gasteiger partial charge in [-0.1, -0.05) is 19.9 Å². The van der Waals surface area contributed by atoms with E-state index in [1.165, 1.54) is 18.2 Å². The molecule has 0 radical (unpaired) electrons. The average Bonchev–Trinajstić information content (AvgIpc) is 2.26. The third-order valence-electron chi connectivity index (χ3n) is 3.88. The number of halogens is 2. The molecule has 0 spiro atoms. The first-order chi connectivity index (χ1) is 7.50. The molecule has 1 aliphatic carbocycles. The second kappa shape index (κ2) is 3.65. The molecular weight excluding hydrogens is 210 g/mol. The number of rotatable bonds is 2. The van der Waals surface area contributed by atoms with Gasteiger partial charge in [0.05, 0.1) is 0 Å². The molecule has 2 unspecified atom stereocenters. The zero-order chi connectivity index (χ0) is 11.9. The fourth-order valence-electron chi connectivity index (χ4n) is 2.41. The Balaban J connectivity index is 2.44. The summed E-state index contributed by atoms with van der Waals surface area (Å²) in [5.41, 5.74) is -0.519. The summed E-state index contributed by atoms with van der Waals surface area (Å²) in [6.45, 7) is 3.66. The maximum atomic E-state index is 13.6. The van der Waals surface area contributed by atoms with E-state index in [4.69, 9.17) is 0 Å². The van der Waals surface area contributed by atoms with Gasteiger partial charge in [0.1, 0.15) is 17.4 Å². The monoisotopic (exact) mass is 224 g/mol. The van der Waals surface area contributed by atoms with Crippen molar-refractivity contribution in [1.82, 2.24) is 0 Å². The van der Waals surface area contributed by atoms with Crippen LogP contribution in [0.25, 0.3) is 0 Å². The van der Waals surface area contributed by atoms with Crippen molar-refractivity contribution in [2.75, 3.05) is 0 Å². The highest BCUT2D eigenvalue weighted by molar-refractivity contribution is 5.93. The molecule has 1 saturated carbocycles. The Morgan fingerprint density at radius 1 is 1.38 bits per heavy atom. The minimum atomic E-state index is -0.594. The van der Waals surface area contributed by atoms with Gasteiger partial charge in [-0.3, -0.25) is 4.79 Å². The number of hydrogen-bond donors (Lipinski definition) is 0. The molecule has 0 heterocycles. The van der Waals surface area contributed by atoms with Crippen LogP contribution < -0.4 is 0 Å². The van der Waals surface area contributed by atoms with Crippen LogP contribution in [0.15, 0.2) is 18.2 Å². The van der Waals surface area contributed by atoms with Gasteiger partial charge in [-0.15, -0.1) is 0 Å². The lowest BCUT2D eigenvalue weighted by atomic mass is 9.56. The Bertz CT molecular complexity index is 421. The van der Waals surface area contributed by atoms with E-state index in [1.54, 1.807) is 6.92 Å². The fraction of sp³-hybridized carbons (Fsp3) is 0.462. The summed E-state index contributed by atoms with van der Waals surface area (Å²) in [7, 11) is 0. The molecule has 3 heteroatoms. The molecule has 0 bridgehead atoms. The second-order valence-corrected chi connectivity index (χ2v) is 4.59. The third-order valence-corrected chi connectivity index (χ3v) is 3.88. The predicted molar refractivity (Wildman–Crippen MR) is 57.1 cm³/mol. The van der Waals surface area contributed by atoms with E-state index in [-0.39, 0.29) is 23.7 Å². The Morgan fingerprint density at radius 2 is 1.94 bits per heavy atom. The lowest BCUT2D eigenvalue weighted by Crippen LogP contribution is -2.46. The van der Waals surface area contributed by atoms with Gasteiger partial charge in [-0.2, -0.15) is 0 Å². The van der Waals surface area contributed by atoms with Crippen molar-refractivity contribution in [3.63, 3.8) is 0 Å². The molecule has 1 nitrogen and oxygen atoms in total. The van der Waals surface area contributed by atoms with Crippen LogP contribution in [0.1, 0.15) is 38.2 Å². The highest BCUT2D eigenvalue weighted by atomic mass is 19.1. The van der Waals surface area contributed by atoms with Crippen molar-refractivity contribution in [1.29, 1.82) is 0 Å². The van der Waals surface area contributed by atoms with Crippen molar-refractivity contribution in [3.05, 3.63) is 35.4 Å². The maximum Gasteiger partial charge on any atom is 0.140 e. The third kappa shape index (κ3) is 1.38. The fourth-order valence-corrected chi connectivity index (χ4v) is 2.41. The second-order valence-electron chi connectivity index (χ2n) is 4.59. The van der Waals surface area contributed by atoms with Gasteiger partial charge in [0.15, 0.2) is 0 Å². The summed E-state index contributed by atoms with van der Waals surface area (Å²) in [4.78, 5) is 11.5. The van der Waals surface area contributed by atoms with Gasteiger partial charge < -0.3 is 0 Å². The average molecular weight is 224 g/mol. The maximum absolute atomic E-state index is 13.6. The van der Waals surface area contributed by atoms with E-state index >= 15 is 0 Å². The minimum Gasteiger partial charge on any atom is -0.299 e. The van der Waals surface area contributed by atoms with Crippen LogP contribution in [0.4, 0.5) is 8.78 Å². The quantitative estimate of drug-likeness (QED) is 0.752. The van der Waals surface area contributed by atoms with E-state index in [2.05, 4.69) is 0 Å². The van der Waals surface area contributed by atoms with E-state index in [9.17, 15) is 13.6 Å². The standard InChI is InChI=1S/C13H14F2O/c1-3-13(2)8(7-11(13)16)12-9(14)5-4-6-10(12)15/h4-6,8H,3,7H2,1-2H3. The number of carbonyl (C=O) groups is 1. The minimum absolute atomic E-state index is 0.0754. The lowest BCUT2D eigenvalue weighted by Gasteiger charge is -2.45. The number of Topliss-reactive ketones (excluding diaryl/α,β-unsaturated/α-hetero) is 1. The zero-order valence-electron chi connectivity index (χ0n) is 9.39. The Hall–Kier alpha value is -1.25. The SMILES string of the molecule is CCC1(C)C(=O)CC1c1c(F)cccc1F.